The summed E-state index contributed by atoms with van der Waals surface area (Å²) in [6.07, 6.45) is 0. The minimum atomic E-state index is -0.0468. The van der Waals surface area contributed by atoms with Crippen molar-refractivity contribution in [2.45, 2.75) is 0 Å². The fourth-order valence-electron chi connectivity index (χ4n) is 3.12. The van der Waals surface area contributed by atoms with Crippen LogP contribution in [0.5, 0.6) is 0 Å². The molecule has 6 heteroatoms. The number of imidazole rings is 1. The predicted molar refractivity (Wildman–Crippen MR) is 101 cm³/mol. The smallest absolute Gasteiger partial charge is 0.251 e. The zero-order valence-corrected chi connectivity index (χ0v) is 14.6. The summed E-state index contributed by atoms with van der Waals surface area (Å²) in [6.45, 7) is 4.91. The quantitative estimate of drug-likeness (QED) is 0.741. The summed E-state index contributed by atoms with van der Waals surface area (Å²) in [5.74, 6) is 0.764. The fraction of sp³-hybridized carbons (Fsp3) is 0.300. The number of benzene rings is 2. The number of aromatic amines is 1. The first kappa shape index (κ1) is 16.8. The molecule has 2 N–H and O–H groups in total. The lowest BCUT2D eigenvalue weighted by molar-refractivity contribution is 0.0383. The highest BCUT2D eigenvalue weighted by Gasteiger charge is 2.11. The zero-order valence-electron chi connectivity index (χ0n) is 14.6. The number of hydrogen-bond donors (Lipinski definition) is 2. The van der Waals surface area contributed by atoms with E-state index in [-0.39, 0.29) is 5.91 Å². The number of para-hydroxylation sites is 2. The molecule has 2 heterocycles. The van der Waals surface area contributed by atoms with Crippen LogP contribution in [0.2, 0.25) is 0 Å². The molecule has 0 unspecified atom stereocenters. The van der Waals surface area contributed by atoms with E-state index in [4.69, 9.17) is 4.74 Å². The Morgan fingerprint density at radius 1 is 1.12 bits per heavy atom. The van der Waals surface area contributed by atoms with Crippen LogP contribution in [0.25, 0.3) is 22.4 Å². The van der Waals surface area contributed by atoms with E-state index in [0.717, 1.165) is 55.3 Å². The number of carbonyl (C=O) groups is 1. The molecular weight excluding hydrogens is 328 g/mol. The molecule has 1 fully saturated rings. The van der Waals surface area contributed by atoms with Crippen LogP contribution in [-0.4, -0.2) is 60.2 Å². The Hall–Kier alpha value is -2.70. The van der Waals surface area contributed by atoms with Crippen LogP contribution in [0.1, 0.15) is 10.4 Å². The van der Waals surface area contributed by atoms with E-state index in [1.807, 2.05) is 48.5 Å². The summed E-state index contributed by atoms with van der Waals surface area (Å²) in [4.78, 5) is 22.5. The Morgan fingerprint density at radius 2 is 1.88 bits per heavy atom. The van der Waals surface area contributed by atoms with Gasteiger partial charge in [-0.05, 0) is 24.3 Å². The van der Waals surface area contributed by atoms with Gasteiger partial charge >= 0.3 is 0 Å². The highest BCUT2D eigenvalue weighted by molar-refractivity contribution is 5.94. The molecule has 0 bridgehead atoms. The van der Waals surface area contributed by atoms with Crippen molar-refractivity contribution >= 4 is 16.9 Å². The molecule has 1 aliphatic heterocycles. The van der Waals surface area contributed by atoms with Gasteiger partial charge in [0.1, 0.15) is 5.82 Å². The van der Waals surface area contributed by atoms with E-state index in [1.54, 1.807) is 0 Å². The molecule has 0 spiro atoms. The van der Waals surface area contributed by atoms with Gasteiger partial charge in [-0.15, -0.1) is 0 Å². The van der Waals surface area contributed by atoms with E-state index < -0.39 is 0 Å². The van der Waals surface area contributed by atoms with Gasteiger partial charge in [-0.3, -0.25) is 9.69 Å². The first-order valence-corrected chi connectivity index (χ1v) is 8.93. The van der Waals surface area contributed by atoms with Crippen LogP contribution in [0.4, 0.5) is 0 Å². The van der Waals surface area contributed by atoms with Crippen molar-refractivity contribution in [1.82, 2.24) is 20.2 Å². The number of rotatable bonds is 5. The van der Waals surface area contributed by atoms with Gasteiger partial charge in [0, 0.05) is 37.3 Å². The number of aromatic nitrogens is 2. The number of ether oxygens (including phenoxy) is 1. The largest absolute Gasteiger partial charge is 0.379 e. The molecule has 134 valence electrons. The van der Waals surface area contributed by atoms with E-state index >= 15 is 0 Å². The highest BCUT2D eigenvalue weighted by atomic mass is 16.5. The second kappa shape index (κ2) is 7.68. The Balaban J connectivity index is 1.36. The van der Waals surface area contributed by atoms with E-state index in [9.17, 15) is 4.79 Å². The van der Waals surface area contributed by atoms with Crippen molar-refractivity contribution < 1.29 is 9.53 Å². The number of carbonyl (C=O) groups excluding carboxylic acids is 1. The molecule has 6 nitrogen and oxygen atoms in total. The van der Waals surface area contributed by atoms with Crippen molar-refractivity contribution in [3.63, 3.8) is 0 Å². The van der Waals surface area contributed by atoms with E-state index in [2.05, 4.69) is 20.2 Å². The predicted octanol–water partition coefficient (Wildman–Crippen LogP) is 2.29. The van der Waals surface area contributed by atoms with Crippen LogP contribution in [0, 0.1) is 0 Å². The highest BCUT2D eigenvalue weighted by Crippen LogP contribution is 2.20. The molecule has 26 heavy (non-hydrogen) atoms. The third-order valence-corrected chi connectivity index (χ3v) is 4.63. The topological polar surface area (TPSA) is 70.2 Å². The van der Waals surface area contributed by atoms with Crippen LogP contribution in [-0.2, 0) is 4.74 Å². The van der Waals surface area contributed by atoms with Gasteiger partial charge in [-0.1, -0.05) is 24.3 Å². The third-order valence-electron chi connectivity index (χ3n) is 4.63. The number of morpholine rings is 1. The third kappa shape index (κ3) is 3.76. The van der Waals surface area contributed by atoms with Crippen molar-refractivity contribution in [3.05, 3.63) is 54.1 Å². The number of hydrogen-bond acceptors (Lipinski definition) is 4. The van der Waals surface area contributed by atoms with Crippen LogP contribution < -0.4 is 5.32 Å². The first-order chi connectivity index (χ1) is 12.8. The van der Waals surface area contributed by atoms with Gasteiger partial charge in [0.2, 0.25) is 0 Å². The zero-order chi connectivity index (χ0) is 17.8. The van der Waals surface area contributed by atoms with Crippen molar-refractivity contribution in [2.75, 3.05) is 39.4 Å². The summed E-state index contributed by atoms with van der Waals surface area (Å²) in [7, 11) is 0. The minimum Gasteiger partial charge on any atom is -0.379 e. The second-order valence-corrected chi connectivity index (χ2v) is 6.39. The fourth-order valence-corrected chi connectivity index (χ4v) is 3.12. The van der Waals surface area contributed by atoms with Crippen LogP contribution >= 0.6 is 0 Å². The number of H-pyrrole nitrogens is 1. The molecule has 0 aliphatic carbocycles. The molecule has 1 amide bonds. The number of amides is 1. The average molecular weight is 350 g/mol. The number of nitrogens with one attached hydrogen (secondary N) is 2. The molecule has 4 rings (SSSR count). The Morgan fingerprint density at radius 3 is 2.65 bits per heavy atom. The normalized spacial score (nSPS) is 15.2. The summed E-state index contributed by atoms with van der Waals surface area (Å²) in [6, 6.07) is 15.5. The summed E-state index contributed by atoms with van der Waals surface area (Å²) >= 11 is 0. The monoisotopic (exact) mass is 350 g/mol. The maximum atomic E-state index is 12.3. The SMILES string of the molecule is O=C(NCCN1CCOCC1)c1ccc(-c2nc3ccccc3[nH]2)cc1. The Bertz CT molecular complexity index is 849. The molecule has 2 aromatic carbocycles. The first-order valence-electron chi connectivity index (χ1n) is 8.93. The van der Waals surface area contributed by atoms with Crippen LogP contribution in [0.15, 0.2) is 48.5 Å². The molecule has 1 saturated heterocycles. The van der Waals surface area contributed by atoms with Crippen molar-refractivity contribution in [1.29, 1.82) is 0 Å². The lowest BCUT2D eigenvalue weighted by Crippen LogP contribution is -2.41. The maximum Gasteiger partial charge on any atom is 0.251 e. The molecule has 1 aliphatic rings. The van der Waals surface area contributed by atoms with E-state index in [0.29, 0.717) is 12.1 Å². The molecule has 0 radical (unpaired) electrons. The second-order valence-electron chi connectivity index (χ2n) is 6.39. The standard InChI is InChI=1S/C20H22N4O2/c25-20(21-9-10-24-11-13-26-14-12-24)16-7-5-15(6-8-16)19-22-17-3-1-2-4-18(17)23-19/h1-8H,9-14H2,(H,21,25)(H,22,23). The average Bonchev–Trinajstić information content (AvgIpc) is 3.13. The summed E-state index contributed by atoms with van der Waals surface area (Å²) in [5, 5.41) is 2.98. The molecule has 0 atom stereocenters. The molecule has 1 aromatic heterocycles. The lowest BCUT2D eigenvalue weighted by atomic mass is 10.1. The Kier molecular flexibility index (Phi) is 4.95. The van der Waals surface area contributed by atoms with Crippen molar-refractivity contribution in [2.24, 2.45) is 0 Å². The summed E-state index contributed by atoms with van der Waals surface area (Å²) < 4.78 is 5.33. The molecule has 3 aromatic rings. The van der Waals surface area contributed by atoms with Gasteiger partial charge in [0.05, 0.1) is 24.2 Å². The van der Waals surface area contributed by atoms with Gasteiger partial charge in [0.25, 0.3) is 5.91 Å². The van der Waals surface area contributed by atoms with Gasteiger partial charge in [0.15, 0.2) is 0 Å². The van der Waals surface area contributed by atoms with Gasteiger partial charge < -0.3 is 15.0 Å². The Labute approximate surface area is 152 Å². The van der Waals surface area contributed by atoms with E-state index in [1.165, 1.54) is 0 Å². The van der Waals surface area contributed by atoms with Gasteiger partial charge in [-0.25, -0.2) is 4.98 Å². The lowest BCUT2D eigenvalue weighted by Gasteiger charge is -2.26. The molecular formula is C20H22N4O2. The molecule has 0 saturated carbocycles. The maximum absolute atomic E-state index is 12.3. The number of fused-ring (bicyclic) bond motifs is 1. The summed E-state index contributed by atoms with van der Waals surface area (Å²) in [5.41, 5.74) is 3.57. The minimum absolute atomic E-state index is 0.0468. The van der Waals surface area contributed by atoms with Crippen LogP contribution in [0.3, 0.4) is 0 Å². The van der Waals surface area contributed by atoms with Gasteiger partial charge in [-0.2, -0.15) is 0 Å². The number of nitrogens with zero attached hydrogens (tertiary/aromatic N) is 2. The van der Waals surface area contributed by atoms with Crippen molar-refractivity contribution in [3.8, 4) is 11.4 Å².